The molecule has 1 aliphatic rings. The van der Waals surface area contributed by atoms with E-state index >= 15 is 0 Å². The Morgan fingerprint density at radius 2 is 2.09 bits per heavy atom. The first kappa shape index (κ1) is 16.5. The normalized spacial score (nSPS) is 22.6. The predicted molar refractivity (Wildman–Crippen MR) is 80.8 cm³/mol. The van der Waals surface area contributed by atoms with E-state index in [1.165, 1.54) is 6.07 Å². The van der Waals surface area contributed by atoms with Crippen molar-refractivity contribution in [1.82, 2.24) is 4.90 Å². The maximum absolute atomic E-state index is 13.6. The van der Waals surface area contributed by atoms with E-state index in [2.05, 4.69) is 0 Å². The van der Waals surface area contributed by atoms with Crippen molar-refractivity contribution in [2.75, 3.05) is 13.1 Å². The molecule has 5 heteroatoms. The Morgan fingerprint density at radius 1 is 1.41 bits per heavy atom. The molecule has 2 atom stereocenters. The molecule has 1 aromatic carbocycles. The molecule has 0 bridgehead atoms. The molecule has 22 heavy (non-hydrogen) atoms. The molecule has 1 saturated heterocycles. The summed E-state index contributed by atoms with van der Waals surface area (Å²) in [6.07, 6.45) is 1.54. The number of carbonyl (C=O) groups excluding carboxylic acids is 1. The summed E-state index contributed by atoms with van der Waals surface area (Å²) in [6.45, 7) is 4.23. The lowest BCUT2D eigenvalue weighted by Gasteiger charge is -2.23. The van der Waals surface area contributed by atoms with Crippen LogP contribution in [0, 0.1) is 17.2 Å². The molecule has 4 nitrogen and oxygen atoms in total. The molecule has 120 valence electrons. The van der Waals surface area contributed by atoms with Gasteiger partial charge in [-0.05, 0) is 37.8 Å². The first-order chi connectivity index (χ1) is 10.3. The number of rotatable bonds is 5. The Morgan fingerprint density at radius 3 is 2.68 bits per heavy atom. The number of aryl methyl sites for hydroxylation is 1. The van der Waals surface area contributed by atoms with E-state index in [-0.39, 0.29) is 24.2 Å². The summed E-state index contributed by atoms with van der Waals surface area (Å²) in [7, 11) is 0. The van der Waals surface area contributed by atoms with E-state index in [4.69, 9.17) is 0 Å². The lowest BCUT2D eigenvalue weighted by Crippen LogP contribution is -2.37. The van der Waals surface area contributed by atoms with Gasteiger partial charge in [0.15, 0.2) is 0 Å². The Balaban J connectivity index is 1.91. The van der Waals surface area contributed by atoms with E-state index in [1.807, 2.05) is 6.92 Å². The third-order valence-electron chi connectivity index (χ3n) is 4.53. The Kier molecular flexibility index (Phi) is 4.84. The van der Waals surface area contributed by atoms with Crippen LogP contribution in [0.15, 0.2) is 24.3 Å². The van der Waals surface area contributed by atoms with E-state index in [0.29, 0.717) is 31.4 Å². The highest BCUT2D eigenvalue weighted by Gasteiger charge is 2.42. The zero-order chi connectivity index (χ0) is 16.3. The molecule has 0 aliphatic carbocycles. The Hall–Kier alpha value is -1.91. The fourth-order valence-corrected chi connectivity index (χ4v) is 2.83. The molecular formula is C17H22FNO3. The van der Waals surface area contributed by atoms with Crippen molar-refractivity contribution in [3.63, 3.8) is 0 Å². The second-order valence-electron chi connectivity index (χ2n) is 6.41. The molecule has 1 fully saturated rings. The largest absolute Gasteiger partial charge is 0.481 e. The minimum absolute atomic E-state index is 0.0404. The fourth-order valence-electron chi connectivity index (χ4n) is 2.83. The molecule has 0 saturated carbocycles. The van der Waals surface area contributed by atoms with Crippen molar-refractivity contribution in [2.45, 2.75) is 33.1 Å². The Labute approximate surface area is 129 Å². The Bertz CT molecular complexity index is 575. The van der Waals surface area contributed by atoms with Gasteiger partial charge in [0.2, 0.25) is 5.91 Å². The van der Waals surface area contributed by atoms with Crippen LogP contribution >= 0.6 is 0 Å². The summed E-state index contributed by atoms with van der Waals surface area (Å²) >= 11 is 0. The van der Waals surface area contributed by atoms with Crippen molar-refractivity contribution in [2.24, 2.45) is 11.3 Å². The van der Waals surface area contributed by atoms with E-state index in [9.17, 15) is 19.1 Å². The number of aliphatic carboxylic acids is 1. The van der Waals surface area contributed by atoms with Gasteiger partial charge in [0, 0.05) is 19.0 Å². The molecular weight excluding hydrogens is 285 g/mol. The van der Waals surface area contributed by atoms with Crippen LogP contribution in [-0.4, -0.2) is 35.0 Å². The topological polar surface area (TPSA) is 57.6 Å². The summed E-state index contributed by atoms with van der Waals surface area (Å²) in [6, 6.07) is 6.57. The quantitative estimate of drug-likeness (QED) is 0.910. The van der Waals surface area contributed by atoms with Crippen LogP contribution in [0.1, 0.15) is 32.3 Å². The molecule has 1 aliphatic heterocycles. The zero-order valence-electron chi connectivity index (χ0n) is 13.0. The van der Waals surface area contributed by atoms with Gasteiger partial charge in [0.05, 0.1) is 5.41 Å². The highest BCUT2D eigenvalue weighted by atomic mass is 19.1. The van der Waals surface area contributed by atoms with E-state index in [0.717, 1.165) is 0 Å². The number of likely N-dealkylation sites (tertiary alicyclic amines) is 1. The average Bonchev–Trinajstić information content (AvgIpc) is 2.89. The highest BCUT2D eigenvalue weighted by Crippen LogP contribution is 2.31. The van der Waals surface area contributed by atoms with E-state index < -0.39 is 11.4 Å². The second-order valence-corrected chi connectivity index (χ2v) is 6.41. The number of hydrogen-bond acceptors (Lipinski definition) is 2. The van der Waals surface area contributed by atoms with Crippen molar-refractivity contribution < 1.29 is 19.1 Å². The minimum atomic E-state index is -0.859. The van der Waals surface area contributed by atoms with E-state index in [1.54, 1.807) is 30.0 Å². The van der Waals surface area contributed by atoms with Gasteiger partial charge in [0.1, 0.15) is 5.82 Å². The van der Waals surface area contributed by atoms with Crippen LogP contribution in [0.2, 0.25) is 0 Å². The highest BCUT2D eigenvalue weighted by molar-refractivity contribution is 5.81. The van der Waals surface area contributed by atoms with Gasteiger partial charge in [-0.25, -0.2) is 4.39 Å². The molecule has 0 unspecified atom stereocenters. The van der Waals surface area contributed by atoms with Crippen molar-refractivity contribution in [3.8, 4) is 0 Å². The molecule has 1 N–H and O–H groups in total. The number of benzene rings is 1. The molecule has 0 radical (unpaired) electrons. The van der Waals surface area contributed by atoms with Gasteiger partial charge in [0.25, 0.3) is 0 Å². The second kappa shape index (κ2) is 6.46. The first-order valence-electron chi connectivity index (χ1n) is 7.59. The zero-order valence-corrected chi connectivity index (χ0v) is 13.0. The van der Waals surface area contributed by atoms with Crippen LogP contribution in [0.3, 0.4) is 0 Å². The lowest BCUT2D eigenvalue weighted by atomic mass is 9.90. The average molecular weight is 307 g/mol. The van der Waals surface area contributed by atoms with Crippen LogP contribution in [0.5, 0.6) is 0 Å². The molecule has 2 rings (SSSR count). The summed E-state index contributed by atoms with van der Waals surface area (Å²) in [4.78, 5) is 25.3. The van der Waals surface area contributed by atoms with Crippen molar-refractivity contribution in [1.29, 1.82) is 0 Å². The van der Waals surface area contributed by atoms with Crippen molar-refractivity contribution in [3.05, 3.63) is 35.6 Å². The molecule has 1 aromatic rings. The predicted octanol–water partition coefficient (Wildman–Crippen LogP) is 2.72. The van der Waals surface area contributed by atoms with Crippen LogP contribution in [0.25, 0.3) is 0 Å². The molecule has 0 aromatic heterocycles. The minimum Gasteiger partial charge on any atom is -0.481 e. The van der Waals surface area contributed by atoms with Crippen molar-refractivity contribution >= 4 is 11.9 Å². The molecule has 0 spiro atoms. The van der Waals surface area contributed by atoms with Gasteiger partial charge in [-0.2, -0.15) is 0 Å². The number of amides is 1. The number of carboxylic acid groups (broad SMARTS) is 1. The third-order valence-corrected chi connectivity index (χ3v) is 4.53. The molecule has 1 heterocycles. The fraction of sp³-hybridized carbons (Fsp3) is 0.529. The summed E-state index contributed by atoms with van der Waals surface area (Å²) in [5.41, 5.74) is -0.236. The maximum Gasteiger partial charge on any atom is 0.311 e. The number of hydrogen-bond donors (Lipinski definition) is 1. The summed E-state index contributed by atoms with van der Waals surface area (Å²) in [5, 5.41) is 9.21. The van der Waals surface area contributed by atoms with Gasteiger partial charge >= 0.3 is 5.97 Å². The summed E-state index contributed by atoms with van der Waals surface area (Å²) in [5.74, 6) is -1.39. The van der Waals surface area contributed by atoms with Gasteiger partial charge in [-0.3, -0.25) is 9.59 Å². The SMILES string of the molecule is C[C@@H](CCc1ccccc1F)C(=O)N1CC[C@](C)(C(=O)O)C1. The lowest BCUT2D eigenvalue weighted by molar-refractivity contribution is -0.147. The molecule has 1 amide bonds. The number of halogens is 1. The number of carboxylic acids is 1. The van der Waals surface area contributed by atoms with Gasteiger partial charge < -0.3 is 10.0 Å². The van der Waals surface area contributed by atoms with Gasteiger partial charge in [-0.1, -0.05) is 25.1 Å². The number of carbonyl (C=O) groups is 2. The number of nitrogens with zero attached hydrogens (tertiary/aromatic N) is 1. The van der Waals surface area contributed by atoms with Gasteiger partial charge in [-0.15, -0.1) is 0 Å². The maximum atomic E-state index is 13.6. The van der Waals surface area contributed by atoms with Crippen LogP contribution in [-0.2, 0) is 16.0 Å². The van der Waals surface area contributed by atoms with Crippen LogP contribution < -0.4 is 0 Å². The smallest absolute Gasteiger partial charge is 0.311 e. The standard InChI is InChI=1S/C17H22FNO3/c1-12(7-8-13-5-3-4-6-14(13)18)15(20)19-10-9-17(2,11-19)16(21)22/h3-6,12H,7-11H2,1-2H3,(H,21,22)/t12-,17-/m0/s1. The first-order valence-corrected chi connectivity index (χ1v) is 7.59. The third kappa shape index (κ3) is 3.46. The summed E-state index contributed by atoms with van der Waals surface area (Å²) < 4.78 is 13.6. The monoisotopic (exact) mass is 307 g/mol. The van der Waals surface area contributed by atoms with Crippen LogP contribution in [0.4, 0.5) is 4.39 Å².